The van der Waals surface area contributed by atoms with Gasteiger partial charge in [-0.05, 0) is 49.9 Å². The van der Waals surface area contributed by atoms with Crippen LogP contribution in [-0.4, -0.2) is 25.5 Å². The summed E-state index contributed by atoms with van der Waals surface area (Å²) in [7, 11) is 1.61. The summed E-state index contributed by atoms with van der Waals surface area (Å²) in [5.41, 5.74) is 3.40. The lowest BCUT2D eigenvalue weighted by Crippen LogP contribution is -2.36. The number of esters is 1. The van der Waals surface area contributed by atoms with Crippen LogP contribution < -0.4 is 10.1 Å². The molecule has 0 unspecified atom stereocenters. The summed E-state index contributed by atoms with van der Waals surface area (Å²) in [6.07, 6.45) is 0.874. The van der Waals surface area contributed by atoms with Gasteiger partial charge in [-0.3, -0.25) is 4.79 Å². The van der Waals surface area contributed by atoms with E-state index in [9.17, 15) is 14.0 Å². The van der Waals surface area contributed by atoms with Gasteiger partial charge in [0.2, 0.25) is 0 Å². The Hall–Kier alpha value is -3.41. The molecule has 0 radical (unpaired) electrons. The van der Waals surface area contributed by atoms with Crippen molar-refractivity contribution >= 4 is 11.8 Å². The lowest BCUT2D eigenvalue weighted by Gasteiger charge is -2.36. The molecule has 6 heteroatoms. The molecule has 0 spiro atoms. The quantitative estimate of drug-likeness (QED) is 0.686. The number of allylic oxidation sites excluding steroid dienone is 3. The molecular weight excluding hydrogens is 409 g/mol. The first kappa shape index (κ1) is 21.8. The second-order valence-corrected chi connectivity index (χ2v) is 8.03. The number of halogens is 1. The Balaban J connectivity index is 1.78. The summed E-state index contributed by atoms with van der Waals surface area (Å²) >= 11 is 0. The predicted molar refractivity (Wildman–Crippen MR) is 119 cm³/mol. The number of benzene rings is 2. The fourth-order valence-corrected chi connectivity index (χ4v) is 4.65. The van der Waals surface area contributed by atoms with E-state index in [1.807, 2.05) is 24.3 Å². The van der Waals surface area contributed by atoms with E-state index in [1.54, 1.807) is 39.2 Å². The highest BCUT2D eigenvalue weighted by molar-refractivity contribution is 6.04. The van der Waals surface area contributed by atoms with Crippen LogP contribution >= 0.6 is 0 Å². The maximum absolute atomic E-state index is 14.9. The highest BCUT2D eigenvalue weighted by Gasteiger charge is 2.42. The van der Waals surface area contributed by atoms with Crippen LogP contribution in [0.3, 0.4) is 0 Å². The van der Waals surface area contributed by atoms with Crippen LogP contribution in [0.4, 0.5) is 4.39 Å². The Kier molecular flexibility index (Phi) is 6.12. The van der Waals surface area contributed by atoms with Crippen molar-refractivity contribution in [3.05, 3.63) is 88.0 Å². The van der Waals surface area contributed by atoms with Gasteiger partial charge in [0.05, 0.1) is 25.2 Å². The summed E-state index contributed by atoms with van der Waals surface area (Å²) in [6, 6.07) is 14.0. The van der Waals surface area contributed by atoms with E-state index in [0.29, 0.717) is 23.3 Å². The SMILES string of the molecule is CCOC(=O)C1=C(C)NC2=C(C(=O)C[C@H](c3ccc(OC)cc3)C2)[C@H]1c1ccccc1F. The summed E-state index contributed by atoms with van der Waals surface area (Å²) in [5, 5.41) is 3.27. The number of methoxy groups -OCH3 is 1. The van der Waals surface area contributed by atoms with Crippen LogP contribution in [0.25, 0.3) is 0 Å². The molecule has 0 saturated carbocycles. The Morgan fingerprint density at radius 2 is 1.84 bits per heavy atom. The number of nitrogens with one attached hydrogen (secondary N) is 1. The molecule has 4 rings (SSSR count). The molecule has 5 nitrogen and oxygen atoms in total. The Morgan fingerprint density at radius 1 is 1.12 bits per heavy atom. The smallest absolute Gasteiger partial charge is 0.336 e. The zero-order chi connectivity index (χ0) is 22.8. The number of hydrogen-bond acceptors (Lipinski definition) is 5. The van der Waals surface area contributed by atoms with Gasteiger partial charge in [-0.1, -0.05) is 30.3 Å². The normalized spacial score (nSPS) is 20.6. The maximum atomic E-state index is 14.9. The molecule has 0 fully saturated rings. The minimum Gasteiger partial charge on any atom is -0.497 e. The standard InChI is InChI=1S/C26H26FNO4/c1-4-32-26(30)23-15(2)28-21-13-17(16-9-11-18(31-3)12-10-16)14-22(29)25(21)24(23)19-7-5-6-8-20(19)27/h5-12,17,24,28H,4,13-14H2,1-3H3/t17-,24+/m1/s1. The molecule has 32 heavy (non-hydrogen) atoms. The van der Waals surface area contributed by atoms with Crippen molar-refractivity contribution in [3.8, 4) is 5.75 Å². The van der Waals surface area contributed by atoms with E-state index in [-0.39, 0.29) is 30.3 Å². The molecule has 2 aliphatic rings. The van der Waals surface area contributed by atoms with Crippen molar-refractivity contribution in [1.82, 2.24) is 5.32 Å². The minimum atomic E-state index is -0.796. The fraction of sp³-hybridized carbons (Fsp3) is 0.308. The first-order valence-corrected chi connectivity index (χ1v) is 10.7. The van der Waals surface area contributed by atoms with Gasteiger partial charge in [0.15, 0.2) is 5.78 Å². The third kappa shape index (κ3) is 3.93. The van der Waals surface area contributed by atoms with Gasteiger partial charge in [0.25, 0.3) is 0 Å². The Bertz CT molecular complexity index is 1120. The summed E-state index contributed by atoms with van der Waals surface area (Å²) in [4.78, 5) is 26.3. The molecule has 2 aromatic rings. The molecule has 0 aromatic heterocycles. The van der Waals surface area contributed by atoms with Crippen molar-refractivity contribution in [1.29, 1.82) is 0 Å². The number of ether oxygens (including phenoxy) is 2. The molecule has 0 amide bonds. The Morgan fingerprint density at radius 3 is 2.50 bits per heavy atom. The predicted octanol–water partition coefficient (Wildman–Crippen LogP) is 4.76. The van der Waals surface area contributed by atoms with Crippen LogP contribution in [0.2, 0.25) is 0 Å². The summed E-state index contributed by atoms with van der Waals surface area (Å²) in [6.45, 7) is 3.68. The zero-order valence-corrected chi connectivity index (χ0v) is 18.4. The molecule has 0 bridgehead atoms. The van der Waals surface area contributed by atoms with E-state index >= 15 is 0 Å². The zero-order valence-electron chi connectivity index (χ0n) is 18.4. The highest BCUT2D eigenvalue weighted by Crippen LogP contribution is 2.46. The van der Waals surface area contributed by atoms with E-state index < -0.39 is 17.7 Å². The van der Waals surface area contributed by atoms with Gasteiger partial charge in [-0.2, -0.15) is 0 Å². The number of rotatable bonds is 5. The largest absolute Gasteiger partial charge is 0.497 e. The topological polar surface area (TPSA) is 64.6 Å². The van der Waals surface area contributed by atoms with Crippen LogP contribution in [0, 0.1) is 5.82 Å². The van der Waals surface area contributed by atoms with Crippen LogP contribution in [0.1, 0.15) is 49.7 Å². The number of hydrogen-bond donors (Lipinski definition) is 1. The first-order chi connectivity index (χ1) is 15.4. The van der Waals surface area contributed by atoms with E-state index in [0.717, 1.165) is 17.0 Å². The average Bonchev–Trinajstić information content (AvgIpc) is 2.78. The molecule has 2 aromatic carbocycles. The third-order valence-electron chi connectivity index (χ3n) is 6.13. The maximum Gasteiger partial charge on any atom is 0.336 e. The molecule has 1 N–H and O–H groups in total. The lowest BCUT2D eigenvalue weighted by molar-refractivity contribution is -0.138. The number of Topliss-reactive ketones (excluding diaryl/α,β-unsaturated/α-hetero) is 1. The third-order valence-corrected chi connectivity index (χ3v) is 6.13. The average molecular weight is 435 g/mol. The van der Waals surface area contributed by atoms with Gasteiger partial charge in [-0.15, -0.1) is 0 Å². The summed E-state index contributed by atoms with van der Waals surface area (Å²) < 4.78 is 25.4. The van der Waals surface area contributed by atoms with Crippen molar-refractivity contribution < 1.29 is 23.5 Å². The van der Waals surface area contributed by atoms with Crippen molar-refractivity contribution in [2.75, 3.05) is 13.7 Å². The molecule has 166 valence electrons. The molecule has 1 aliphatic heterocycles. The van der Waals surface area contributed by atoms with E-state index in [1.165, 1.54) is 6.07 Å². The van der Waals surface area contributed by atoms with Gasteiger partial charge in [-0.25, -0.2) is 9.18 Å². The molecule has 1 aliphatic carbocycles. The molecule has 0 saturated heterocycles. The monoisotopic (exact) mass is 435 g/mol. The van der Waals surface area contributed by atoms with Gasteiger partial charge < -0.3 is 14.8 Å². The first-order valence-electron chi connectivity index (χ1n) is 10.7. The lowest BCUT2D eigenvalue weighted by atomic mass is 9.71. The minimum absolute atomic E-state index is 0.0159. The van der Waals surface area contributed by atoms with Crippen molar-refractivity contribution in [3.63, 3.8) is 0 Å². The van der Waals surface area contributed by atoms with Crippen molar-refractivity contribution in [2.24, 2.45) is 0 Å². The molecule has 2 atom stereocenters. The summed E-state index contributed by atoms with van der Waals surface area (Å²) in [5.74, 6) is -1.15. The van der Waals surface area contributed by atoms with Gasteiger partial charge in [0.1, 0.15) is 11.6 Å². The molecule has 1 heterocycles. The fourth-order valence-electron chi connectivity index (χ4n) is 4.65. The number of ketones is 1. The van der Waals surface area contributed by atoms with Crippen molar-refractivity contribution in [2.45, 2.75) is 38.5 Å². The number of carbonyl (C=O) groups is 2. The van der Waals surface area contributed by atoms with Crippen LogP contribution in [-0.2, 0) is 14.3 Å². The highest BCUT2D eigenvalue weighted by atomic mass is 19.1. The van der Waals surface area contributed by atoms with Crippen LogP contribution in [0.15, 0.2) is 71.1 Å². The second kappa shape index (κ2) is 8.99. The number of dihydropyridines is 1. The van der Waals surface area contributed by atoms with Crippen LogP contribution in [0.5, 0.6) is 5.75 Å². The van der Waals surface area contributed by atoms with E-state index in [4.69, 9.17) is 9.47 Å². The van der Waals surface area contributed by atoms with E-state index in [2.05, 4.69) is 5.32 Å². The second-order valence-electron chi connectivity index (χ2n) is 8.03. The number of carbonyl (C=O) groups excluding carboxylic acids is 2. The Labute approximate surface area is 186 Å². The van der Waals surface area contributed by atoms with Gasteiger partial charge in [0, 0.05) is 29.0 Å². The molecular formula is C26H26FNO4. The van der Waals surface area contributed by atoms with Gasteiger partial charge >= 0.3 is 5.97 Å².